The number of fused-ring (bicyclic) bond motifs is 1. The zero-order valence-corrected chi connectivity index (χ0v) is 21.1. The molecule has 1 aromatic carbocycles. The van der Waals surface area contributed by atoms with Crippen LogP contribution in [0.3, 0.4) is 0 Å². The molecule has 8 nitrogen and oxygen atoms in total. The fourth-order valence-electron chi connectivity index (χ4n) is 4.54. The van der Waals surface area contributed by atoms with Crippen molar-refractivity contribution in [3.05, 3.63) is 57.7 Å². The van der Waals surface area contributed by atoms with Gasteiger partial charge in [-0.25, -0.2) is 14.2 Å². The summed E-state index contributed by atoms with van der Waals surface area (Å²) >= 11 is 12.4. The number of furan rings is 1. The Labute approximate surface area is 217 Å². The molecule has 36 heavy (non-hydrogen) atoms. The molecule has 1 saturated heterocycles. The van der Waals surface area contributed by atoms with E-state index in [1.54, 1.807) is 19.4 Å². The van der Waals surface area contributed by atoms with E-state index in [0.29, 0.717) is 57.0 Å². The average molecular weight is 535 g/mol. The Morgan fingerprint density at radius 2 is 2.00 bits per heavy atom. The smallest absolute Gasteiger partial charge is 0.320 e. The molecule has 0 saturated carbocycles. The van der Waals surface area contributed by atoms with Gasteiger partial charge in [0, 0.05) is 48.5 Å². The number of pyridine rings is 1. The lowest BCUT2D eigenvalue weighted by molar-refractivity contribution is 0.0441. The maximum Gasteiger partial charge on any atom is 0.320 e. The molecular formula is C25H25Cl2FN4O4. The Balaban J connectivity index is 1.39. The van der Waals surface area contributed by atoms with Crippen molar-refractivity contribution in [3.63, 3.8) is 0 Å². The minimum Gasteiger partial charge on any atom is -0.478 e. The molecule has 0 unspecified atom stereocenters. The normalized spacial score (nSPS) is 17.3. The molecule has 190 valence electrons. The van der Waals surface area contributed by atoms with E-state index in [2.05, 4.69) is 4.98 Å². The molecule has 2 aromatic heterocycles. The summed E-state index contributed by atoms with van der Waals surface area (Å²) in [5.41, 5.74) is 8.74. The number of hydrogen-bond donors (Lipinski definition) is 1. The van der Waals surface area contributed by atoms with Crippen LogP contribution in [0.25, 0.3) is 16.5 Å². The highest BCUT2D eigenvalue weighted by atomic mass is 35.5. The first-order valence-electron chi connectivity index (χ1n) is 11.6. The highest BCUT2D eigenvalue weighted by Gasteiger charge is 2.27. The Hall–Kier alpha value is -3.01. The summed E-state index contributed by atoms with van der Waals surface area (Å²) in [4.78, 5) is 20.7. The first-order chi connectivity index (χ1) is 17.3. The van der Waals surface area contributed by atoms with Crippen LogP contribution in [0.1, 0.15) is 30.6 Å². The number of nitrogens with zero attached hydrogens (tertiary/aromatic N) is 3. The Morgan fingerprint density at radius 3 is 2.72 bits per heavy atom. The molecule has 1 atom stereocenters. The lowest BCUT2D eigenvalue weighted by atomic mass is 9.99. The van der Waals surface area contributed by atoms with Gasteiger partial charge in [-0.15, -0.1) is 0 Å². The average Bonchev–Trinajstić information content (AvgIpc) is 3.33. The van der Waals surface area contributed by atoms with Crippen LogP contribution in [0.15, 0.2) is 35.1 Å². The number of amides is 2. The topological polar surface area (TPSA) is 94.1 Å². The van der Waals surface area contributed by atoms with Crippen molar-refractivity contribution >= 4 is 51.6 Å². The van der Waals surface area contributed by atoms with Crippen LogP contribution in [-0.2, 0) is 4.74 Å². The fourth-order valence-corrected chi connectivity index (χ4v) is 5.21. The number of nitrogens with two attached hydrogens (primary N) is 1. The van der Waals surface area contributed by atoms with E-state index in [1.165, 1.54) is 12.1 Å². The highest BCUT2D eigenvalue weighted by Crippen LogP contribution is 2.41. The molecule has 2 aliphatic heterocycles. The number of carbonyl (C=O) groups is 1. The second kappa shape index (κ2) is 10.2. The van der Waals surface area contributed by atoms with Gasteiger partial charge in [-0.05, 0) is 31.1 Å². The lowest BCUT2D eigenvalue weighted by Gasteiger charge is -2.34. The molecule has 2 aliphatic rings. The summed E-state index contributed by atoms with van der Waals surface area (Å²) in [6, 6.07) is 2.65. The number of urea groups is 1. The molecule has 5 rings (SSSR count). The van der Waals surface area contributed by atoms with E-state index in [9.17, 15) is 9.18 Å². The van der Waals surface area contributed by atoms with E-state index >= 15 is 0 Å². The zero-order chi connectivity index (χ0) is 25.4. The second-order valence-electron chi connectivity index (χ2n) is 8.69. The molecule has 0 bridgehead atoms. The number of nitrogen functional groups attached to an aromatic ring is 1. The van der Waals surface area contributed by atoms with Gasteiger partial charge in [0.15, 0.2) is 11.4 Å². The third kappa shape index (κ3) is 4.58. The van der Waals surface area contributed by atoms with Crippen molar-refractivity contribution < 1.29 is 23.1 Å². The number of rotatable bonds is 4. The molecule has 0 radical (unpaired) electrons. The SMILES string of the molecule is C[C@@H](Oc1c(N)ncc2c(C3=CCN(C(=O)N4CCOCC4)CC3)coc12)c1c(Cl)ccc(F)c1Cl. The molecule has 4 heterocycles. The Kier molecular flexibility index (Phi) is 6.96. The van der Waals surface area contributed by atoms with E-state index in [0.717, 1.165) is 16.5 Å². The first-order valence-corrected chi connectivity index (χ1v) is 12.4. The van der Waals surface area contributed by atoms with Crippen molar-refractivity contribution in [1.29, 1.82) is 0 Å². The van der Waals surface area contributed by atoms with Crippen LogP contribution in [0.4, 0.5) is 15.0 Å². The number of morpholine rings is 1. The number of halogens is 3. The highest BCUT2D eigenvalue weighted by molar-refractivity contribution is 6.36. The van der Waals surface area contributed by atoms with Gasteiger partial charge in [0.05, 0.1) is 29.9 Å². The summed E-state index contributed by atoms with van der Waals surface area (Å²) in [5, 5.41) is 0.885. The summed E-state index contributed by atoms with van der Waals surface area (Å²) in [7, 11) is 0. The van der Waals surface area contributed by atoms with Gasteiger partial charge >= 0.3 is 6.03 Å². The maximum absolute atomic E-state index is 14.0. The van der Waals surface area contributed by atoms with Gasteiger partial charge in [0.1, 0.15) is 11.9 Å². The van der Waals surface area contributed by atoms with E-state index in [1.807, 2.05) is 15.9 Å². The maximum atomic E-state index is 14.0. The summed E-state index contributed by atoms with van der Waals surface area (Å²) in [6.45, 7) is 5.14. The van der Waals surface area contributed by atoms with Crippen molar-refractivity contribution in [1.82, 2.24) is 14.8 Å². The van der Waals surface area contributed by atoms with Crippen molar-refractivity contribution in [2.24, 2.45) is 0 Å². The minimum atomic E-state index is -0.724. The van der Waals surface area contributed by atoms with Crippen LogP contribution in [0.2, 0.25) is 10.0 Å². The second-order valence-corrected chi connectivity index (χ2v) is 9.47. The molecular weight excluding hydrogens is 510 g/mol. The van der Waals surface area contributed by atoms with Crippen LogP contribution in [0, 0.1) is 5.82 Å². The van der Waals surface area contributed by atoms with Crippen molar-refractivity contribution in [2.75, 3.05) is 45.1 Å². The molecule has 11 heteroatoms. The number of benzene rings is 1. The first kappa shape index (κ1) is 24.7. The van der Waals surface area contributed by atoms with Gasteiger partial charge in [0.25, 0.3) is 0 Å². The quantitative estimate of drug-likeness (QED) is 0.441. The van der Waals surface area contributed by atoms with Crippen molar-refractivity contribution in [2.45, 2.75) is 19.4 Å². The van der Waals surface area contributed by atoms with Gasteiger partial charge in [-0.3, -0.25) is 0 Å². The Morgan fingerprint density at radius 1 is 1.22 bits per heavy atom. The Bertz CT molecular complexity index is 1340. The lowest BCUT2D eigenvalue weighted by Crippen LogP contribution is -2.49. The van der Waals surface area contributed by atoms with Crippen molar-refractivity contribution in [3.8, 4) is 5.75 Å². The number of hydrogen-bond acceptors (Lipinski definition) is 6. The summed E-state index contributed by atoms with van der Waals surface area (Å²) in [5.74, 6) is -0.247. The van der Waals surface area contributed by atoms with Gasteiger partial charge in [0.2, 0.25) is 5.75 Å². The third-order valence-corrected chi connectivity index (χ3v) is 7.20. The molecule has 2 amide bonds. The summed E-state index contributed by atoms with van der Waals surface area (Å²) in [6.07, 6.45) is 5.23. The molecule has 1 fully saturated rings. The van der Waals surface area contributed by atoms with E-state index in [4.69, 9.17) is 42.8 Å². The molecule has 2 N–H and O–H groups in total. The standard InChI is InChI=1S/C25H25Cl2FN4O4/c1-14(20-18(26)2-3-19(28)21(20)27)36-23-22-16(12-30-24(23)29)17(13-35-22)15-4-6-31(7-5-15)25(33)32-8-10-34-11-9-32/h2-4,12-14H,5-11H2,1H3,(H2,29,30)/t14-/m1/s1. The van der Waals surface area contributed by atoms with E-state index < -0.39 is 11.9 Å². The number of anilines is 1. The van der Waals surface area contributed by atoms with Gasteiger partial charge < -0.3 is 29.4 Å². The van der Waals surface area contributed by atoms with Crippen LogP contribution >= 0.6 is 23.2 Å². The molecule has 3 aromatic rings. The van der Waals surface area contributed by atoms with Crippen LogP contribution < -0.4 is 10.5 Å². The largest absolute Gasteiger partial charge is 0.478 e. The number of aromatic nitrogens is 1. The zero-order valence-electron chi connectivity index (χ0n) is 19.6. The summed E-state index contributed by atoms with van der Waals surface area (Å²) < 4.78 is 31.3. The van der Waals surface area contributed by atoms with Gasteiger partial charge in [-0.2, -0.15) is 0 Å². The van der Waals surface area contributed by atoms with Crippen LogP contribution in [-0.4, -0.2) is 60.2 Å². The predicted molar refractivity (Wildman–Crippen MR) is 136 cm³/mol. The third-order valence-electron chi connectivity index (χ3n) is 6.49. The van der Waals surface area contributed by atoms with E-state index in [-0.39, 0.29) is 27.6 Å². The molecule has 0 spiro atoms. The number of ether oxygens (including phenoxy) is 2. The predicted octanol–water partition coefficient (Wildman–Crippen LogP) is 5.54. The molecule has 0 aliphatic carbocycles. The minimum absolute atomic E-state index is 0.0273. The monoisotopic (exact) mass is 534 g/mol. The fraction of sp³-hybridized carbons (Fsp3) is 0.360. The van der Waals surface area contributed by atoms with Crippen LogP contribution in [0.5, 0.6) is 5.75 Å². The van der Waals surface area contributed by atoms with Gasteiger partial charge in [-0.1, -0.05) is 29.3 Å². The number of carbonyl (C=O) groups excluding carboxylic acids is 1.